The van der Waals surface area contributed by atoms with Gasteiger partial charge in [-0.3, -0.25) is 4.79 Å². The lowest BCUT2D eigenvalue weighted by atomic mass is 10.1. The van der Waals surface area contributed by atoms with Crippen molar-refractivity contribution in [3.8, 4) is 0 Å². The molecule has 0 N–H and O–H groups in total. The first-order chi connectivity index (χ1) is 16.3. The molecular weight excluding hydrogens is 511 g/mol. The van der Waals surface area contributed by atoms with Crippen LogP contribution in [0.2, 0.25) is 10.0 Å². The molecule has 9 heteroatoms. The van der Waals surface area contributed by atoms with Crippen molar-refractivity contribution in [1.82, 2.24) is 9.21 Å². The average molecular weight is 538 g/mol. The van der Waals surface area contributed by atoms with Gasteiger partial charge in [-0.05, 0) is 67.1 Å². The van der Waals surface area contributed by atoms with Crippen LogP contribution in [0.1, 0.15) is 40.6 Å². The van der Waals surface area contributed by atoms with E-state index in [4.69, 9.17) is 23.2 Å². The van der Waals surface area contributed by atoms with Crippen molar-refractivity contribution in [3.05, 3.63) is 86.0 Å². The number of nitrogens with zero attached hydrogens (tertiary/aromatic N) is 2. The molecule has 1 aliphatic rings. The Morgan fingerprint density at radius 2 is 1.79 bits per heavy atom. The van der Waals surface area contributed by atoms with Crippen molar-refractivity contribution in [2.75, 3.05) is 13.1 Å². The highest BCUT2D eigenvalue weighted by Gasteiger charge is 2.31. The van der Waals surface area contributed by atoms with E-state index in [1.54, 1.807) is 34.4 Å². The van der Waals surface area contributed by atoms with Gasteiger partial charge in [0, 0.05) is 47.6 Å². The Labute approximate surface area is 215 Å². The quantitative estimate of drug-likeness (QED) is 0.348. The van der Waals surface area contributed by atoms with Gasteiger partial charge in [-0.1, -0.05) is 41.4 Å². The van der Waals surface area contributed by atoms with Crippen LogP contribution < -0.4 is 0 Å². The first-order valence-electron chi connectivity index (χ1n) is 11.1. The topological polar surface area (TPSA) is 57.7 Å². The highest BCUT2D eigenvalue weighted by Crippen LogP contribution is 2.29. The average Bonchev–Trinajstić information content (AvgIpc) is 3.53. The summed E-state index contributed by atoms with van der Waals surface area (Å²) >= 11 is 14.0. The maximum absolute atomic E-state index is 13.7. The standard InChI is InChI=1S/C25H26Cl2N2O3S2/c1-18(15-22-5-4-14-33-22)29(17-19-6-9-21(26)10-7-19)25(30)20-8-11-23(27)24(16-20)34(31,32)28-12-2-3-13-28/h4-11,14,16,18H,2-3,12-13,15,17H2,1H3. The van der Waals surface area contributed by atoms with E-state index in [1.807, 2.05) is 30.5 Å². The van der Waals surface area contributed by atoms with Gasteiger partial charge in [0.2, 0.25) is 10.0 Å². The van der Waals surface area contributed by atoms with Crippen LogP contribution in [0.5, 0.6) is 0 Å². The van der Waals surface area contributed by atoms with Gasteiger partial charge in [0.1, 0.15) is 4.90 Å². The van der Waals surface area contributed by atoms with E-state index in [2.05, 4.69) is 6.07 Å². The SMILES string of the molecule is CC(Cc1cccs1)N(Cc1ccc(Cl)cc1)C(=O)c1ccc(Cl)c(S(=O)(=O)N2CCCC2)c1. The predicted octanol–water partition coefficient (Wildman–Crippen LogP) is 6.11. The zero-order valence-electron chi connectivity index (χ0n) is 18.8. The van der Waals surface area contributed by atoms with Gasteiger partial charge in [-0.25, -0.2) is 8.42 Å². The number of carbonyl (C=O) groups is 1. The molecule has 1 fully saturated rings. The summed E-state index contributed by atoms with van der Waals surface area (Å²) in [5.41, 5.74) is 1.24. The minimum absolute atomic E-state index is 0.0146. The highest BCUT2D eigenvalue weighted by molar-refractivity contribution is 7.89. The van der Waals surface area contributed by atoms with E-state index in [0.29, 0.717) is 36.6 Å². The van der Waals surface area contributed by atoms with Gasteiger partial charge >= 0.3 is 0 Å². The van der Waals surface area contributed by atoms with E-state index in [0.717, 1.165) is 18.4 Å². The summed E-state index contributed by atoms with van der Waals surface area (Å²) in [7, 11) is -3.76. The molecule has 1 atom stereocenters. The molecule has 3 aromatic rings. The molecule has 4 rings (SSSR count). The zero-order chi connectivity index (χ0) is 24.3. The molecule has 0 spiro atoms. The van der Waals surface area contributed by atoms with Crippen LogP contribution >= 0.6 is 34.5 Å². The number of thiophene rings is 1. The minimum atomic E-state index is -3.76. The maximum Gasteiger partial charge on any atom is 0.254 e. The van der Waals surface area contributed by atoms with Crippen LogP contribution in [-0.4, -0.2) is 42.7 Å². The monoisotopic (exact) mass is 536 g/mol. The van der Waals surface area contributed by atoms with Crippen LogP contribution in [-0.2, 0) is 23.0 Å². The molecule has 1 aliphatic heterocycles. The van der Waals surface area contributed by atoms with Crippen molar-refractivity contribution in [2.24, 2.45) is 0 Å². The fourth-order valence-electron chi connectivity index (χ4n) is 4.11. The third kappa shape index (κ3) is 5.66. The number of halogens is 2. The Balaban J connectivity index is 1.66. The van der Waals surface area contributed by atoms with Gasteiger partial charge in [0.15, 0.2) is 0 Å². The van der Waals surface area contributed by atoms with Crippen molar-refractivity contribution in [2.45, 2.75) is 43.7 Å². The van der Waals surface area contributed by atoms with Crippen LogP contribution in [0.15, 0.2) is 64.9 Å². The van der Waals surface area contributed by atoms with E-state index < -0.39 is 10.0 Å². The summed E-state index contributed by atoms with van der Waals surface area (Å²) in [5.74, 6) is -0.242. The molecule has 0 radical (unpaired) electrons. The van der Waals surface area contributed by atoms with E-state index in [-0.39, 0.29) is 21.9 Å². The summed E-state index contributed by atoms with van der Waals surface area (Å²) in [5, 5.41) is 2.77. The minimum Gasteiger partial charge on any atom is -0.331 e. The second-order valence-electron chi connectivity index (χ2n) is 8.45. The number of rotatable bonds is 8. The third-order valence-electron chi connectivity index (χ3n) is 6.00. The van der Waals surface area contributed by atoms with E-state index in [9.17, 15) is 13.2 Å². The smallest absolute Gasteiger partial charge is 0.254 e. The summed E-state index contributed by atoms with van der Waals surface area (Å²) < 4.78 is 27.8. The van der Waals surface area contributed by atoms with Gasteiger partial charge in [0.25, 0.3) is 5.91 Å². The van der Waals surface area contributed by atoms with Crippen LogP contribution in [0.3, 0.4) is 0 Å². The first-order valence-corrected chi connectivity index (χ1v) is 14.2. The van der Waals surface area contributed by atoms with E-state index >= 15 is 0 Å². The van der Waals surface area contributed by atoms with E-state index in [1.165, 1.54) is 21.3 Å². The van der Waals surface area contributed by atoms with Crippen LogP contribution in [0.25, 0.3) is 0 Å². The number of hydrogen-bond acceptors (Lipinski definition) is 4. The number of hydrogen-bond donors (Lipinski definition) is 0. The Hall–Kier alpha value is -1.90. The van der Waals surface area contributed by atoms with Crippen LogP contribution in [0, 0.1) is 0 Å². The summed E-state index contributed by atoms with van der Waals surface area (Å²) in [4.78, 5) is 16.7. The molecule has 2 aromatic carbocycles. The summed E-state index contributed by atoms with van der Waals surface area (Å²) in [6, 6.07) is 15.8. The van der Waals surface area contributed by atoms with Crippen LogP contribution in [0.4, 0.5) is 0 Å². The number of carbonyl (C=O) groups excluding carboxylic acids is 1. The summed E-state index contributed by atoms with van der Waals surface area (Å²) in [6.45, 7) is 3.32. The van der Waals surface area contributed by atoms with Gasteiger partial charge in [-0.2, -0.15) is 4.31 Å². The largest absolute Gasteiger partial charge is 0.331 e. The molecule has 1 aromatic heterocycles. The second kappa shape index (κ2) is 10.8. The highest BCUT2D eigenvalue weighted by atomic mass is 35.5. The number of benzene rings is 2. The second-order valence-corrected chi connectivity index (χ2v) is 12.2. The molecule has 1 amide bonds. The molecule has 0 bridgehead atoms. The van der Waals surface area contributed by atoms with Crippen molar-refractivity contribution >= 4 is 50.5 Å². The first kappa shape index (κ1) is 25.2. The normalized spacial score (nSPS) is 15.4. The molecule has 1 saturated heterocycles. The molecular formula is C25H26Cl2N2O3S2. The Bertz CT molecular complexity index is 1240. The Morgan fingerprint density at radius 1 is 1.09 bits per heavy atom. The lowest BCUT2D eigenvalue weighted by molar-refractivity contribution is 0.0675. The molecule has 180 valence electrons. The Kier molecular flexibility index (Phi) is 8.00. The number of sulfonamides is 1. The predicted molar refractivity (Wildman–Crippen MR) is 138 cm³/mol. The van der Waals surface area contributed by atoms with Gasteiger partial charge < -0.3 is 4.90 Å². The Morgan fingerprint density at radius 3 is 2.44 bits per heavy atom. The number of amides is 1. The lowest BCUT2D eigenvalue weighted by Crippen LogP contribution is -2.39. The molecule has 1 unspecified atom stereocenters. The van der Waals surface area contributed by atoms with Crippen molar-refractivity contribution < 1.29 is 13.2 Å². The molecule has 0 saturated carbocycles. The zero-order valence-corrected chi connectivity index (χ0v) is 21.9. The van der Waals surface area contributed by atoms with Gasteiger partial charge in [-0.15, -0.1) is 11.3 Å². The fourth-order valence-corrected chi connectivity index (χ4v) is 7.08. The molecule has 2 heterocycles. The molecule has 34 heavy (non-hydrogen) atoms. The molecule has 5 nitrogen and oxygen atoms in total. The van der Waals surface area contributed by atoms with Gasteiger partial charge in [0.05, 0.1) is 5.02 Å². The van der Waals surface area contributed by atoms with Crippen molar-refractivity contribution in [3.63, 3.8) is 0 Å². The van der Waals surface area contributed by atoms with Crippen molar-refractivity contribution in [1.29, 1.82) is 0 Å². The lowest BCUT2D eigenvalue weighted by Gasteiger charge is -2.30. The third-order valence-corrected chi connectivity index (χ3v) is 9.53. The fraction of sp³-hybridized carbons (Fsp3) is 0.320. The summed E-state index contributed by atoms with van der Waals surface area (Å²) in [6.07, 6.45) is 2.35. The maximum atomic E-state index is 13.7. The molecule has 0 aliphatic carbocycles.